The van der Waals surface area contributed by atoms with Gasteiger partial charge in [0.1, 0.15) is 11.4 Å². The van der Waals surface area contributed by atoms with Crippen molar-refractivity contribution in [3.05, 3.63) is 80.5 Å². The molecule has 0 fully saturated rings. The summed E-state index contributed by atoms with van der Waals surface area (Å²) in [4.78, 5) is 26.8. The topological polar surface area (TPSA) is 133 Å². The Morgan fingerprint density at radius 1 is 0.950 bits per heavy atom. The summed E-state index contributed by atoms with van der Waals surface area (Å²) in [5, 5.41) is 5.40. The number of aryl methyl sites for hydroxylation is 1. The molecule has 0 aliphatic rings. The number of hydrogen-bond donors (Lipinski definition) is 3. The van der Waals surface area contributed by atoms with E-state index in [4.69, 9.17) is 11.5 Å². The van der Waals surface area contributed by atoms with Gasteiger partial charge in [0.25, 0.3) is 11.1 Å². The number of hydrogen-bond acceptors (Lipinski definition) is 6. The number of pyridine rings is 2. The molecular formula is C25H23F7N6O2. The second kappa shape index (κ2) is 11.8. The van der Waals surface area contributed by atoms with Crippen molar-refractivity contribution in [2.24, 2.45) is 0 Å². The van der Waals surface area contributed by atoms with E-state index in [0.717, 1.165) is 37.6 Å². The van der Waals surface area contributed by atoms with E-state index in [-0.39, 0.29) is 27.9 Å². The summed E-state index contributed by atoms with van der Waals surface area (Å²) in [5.74, 6) is -0.769. The first-order valence-electron chi connectivity index (χ1n) is 11.7. The number of anilines is 2. The SMILES string of the molecule is CCCCCn1ccc2cc(-c3ncc(C(F)(F)F)cc3N)c(F)cc2c1=O.Nc1cn[nH]c(=O)c1C(F)(F)F. The number of halogens is 7. The minimum absolute atomic E-state index is 0.0538. The van der Waals surface area contributed by atoms with Gasteiger partial charge >= 0.3 is 12.4 Å². The molecule has 0 unspecified atom stereocenters. The van der Waals surface area contributed by atoms with Gasteiger partial charge in [0.15, 0.2) is 0 Å². The van der Waals surface area contributed by atoms with Crippen LogP contribution in [-0.4, -0.2) is 19.7 Å². The third-order valence-corrected chi connectivity index (χ3v) is 5.74. The lowest BCUT2D eigenvalue weighted by molar-refractivity contribution is -0.138. The van der Waals surface area contributed by atoms with Gasteiger partial charge in [0, 0.05) is 24.5 Å². The number of H-pyrrole nitrogens is 1. The predicted molar refractivity (Wildman–Crippen MR) is 135 cm³/mol. The summed E-state index contributed by atoms with van der Waals surface area (Å²) in [6, 6.07) is 4.86. The molecule has 0 bridgehead atoms. The van der Waals surface area contributed by atoms with Crippen LogP contribution in [0.1, 0.15) is 37.3 Å². The maximum atomic E-state index is 14.7. The van der Waals surface area contributed by atoms with E-state index >= 15 is 0 Å². The number of nitrogen functional groups attached to an aromatic ring is 2. The van der Waals surface area contributed by atoms with Gasteiger partial charge in [-0.25, -0.2) is 9.49 Å². The number of benzene rings is 1. The standard InChI is InChI=1S/C20H19F4N3O.C5H4F3N3O/c1-2-3-4-6-27-7-5-12-8-15(16(21)10-14(12)19(27)28)18-17(25)9-13(11-26-18)20(22,23)24;6-5(7,8)3-2(9)1-10-11-4(3)12/h5,7-11H,2-4,6,25H2,1H3;1H,(H3,9,11,12). The predicted octanol–water partition coefficient (Wildman–Crippen LogP) is 5.36. The van der Waals surface area contributed by atoms with Crippen molar-refractivity contribution >= 4 is 22.1 Å². The Balaban J connectivity index is 0.000000307. The zero-order chi connectivity index (χ0) is 29.8. The van der Waals surface area contributed by atoms with Gasteiger partial charge in [-0.3, -0.25) is 14.6 Å². The van der Waals surface area contributed by atoms with E-state index in [0.29, 0.717) is 18.1 Å². The first-order valence-corrected chi connectivity index (χ1v) is 11.7. The van der Waals surface area contributed by atoms with E-state index in [1.54, 1.807) is 17.4 Å². The molecule has 3 aromatic heterocycles. The molecule has 1 aromatic carbocycles. The van der Waals surface area contributed by atoms with Crippen molar-refractivity contribution in [2.45, 2.75) is 45.1 Å². The average molecular weight is 572 g/mol. The average Bonchev–Trinajstić information content (AvgIpc) is 2.85. The summed E-state index contributed by atoms with van der Waals surface area (Å²) in [7, 11) is 0. The molecule has 4 rings (SSSR count). The number of alkyl halides is 6. The minimum Gasteiger partial charge on any atom is -0.397 e. The Kier molecular flexibility index (Phi) is 8.85. The van der Waals surface area contributed by atoms with Crippen molar-refractivity contribution in [3.8, 4) is 11.3 Å². The monoisotopic (exact) mass is 572 g/mol. The van der Waals surface area contributed by atoms with E-state index in [1.165, 1.54) is 10.6 Å². The largest absolute Gasteiger partial charge is 0.423 e. The Morgan fingerprint density at radius 2 is 1.65 bits per heavy atom. The number of fused-ring (bicyclic) bond motifs is 1. The zero-order valence-electron chi connectivity index (χ0n) is 20.8. The summed E-state index contributed by atoms with van der Waals surface area (Å²) in [6.45, 7) is 2.60. The highest BCUT2D eigenvalue weighted by Gasteiger charge is 2.36. The lowest BCUT2D eigenvalue weighted by Crippen LogP contribution is -2.24. The maximum Gasteiger partial charge on any atom is 0.423 e. The zero-order valence-corrected chi connectivity index (χ0v) is 20.8. The van der Waals surface area contributed by atoms with E-state index in [2.05, 4.69) is 17.0 Å². The van der Waals surface area contributed by atoms with Gasteiger partial charge in [-0.2, -0.15) is 31.4 Å². The van der Waals surface area contributed by atoms with Crippen LogP contribution in [0.5, 0.6) is 0 Å². The number of rotatable bonds is 5. The van der Waals surface area contributed by atoms with Gasteiger partial charge in [0.05, 0.1) is 34.2 Å². The van der Waals surface area contributed by atoms with Gasteiger partial charge in [-0.1, -0.05) is 19.8 Å². The van der Waals surface area contributed by atoms with Crippen LogP contribution in [0.2, 0.25) is 0 Å². The summed E-state index contributed by atoms with van der Waals surface area (Å²) in [5.41, 5.74) is 5.42. The quantitative estimate of drug-likeness (QED) is 0.218. The minimum atomic E-state index is -4.74. The van der Waals surface area contributed by atoms with Crippen molar-refractivity contribution in [1.29, 1.82) is 0 Å². The van der Waals surface area contributed by atoms with Crippen molar-refractivity contribution in [1.82, 2.24) is 19.7 Å². The summed E-state index contributed by atoms with van der Waals surface area (Å²) in [6.07, 6.45) is -3.51. The molecule has 0 amide bonds. The van der Waals surface area contributed by atoms with Gasteiger partial charge in [0.2, 0.25) is 0 Å². The normalized spacial score (nSPS) is 11.8. The van der Waals surface area contributed by atoms with Crippen LogP contribution in [0.25, 0.3) is 22.0 Å². The molecule has 0 aliphatic heterocycles. The fourth-order valence-electron chi connectivity index (χ4n) is 3.76. The van der Waals surface area contributed by atoms with Crippen molar-refractivity contribution < 1.29 is 30.7 Å². The van der Waals surface area contributed by atoms with Gasteiger partial charge < -0.3 is 16.0 Å². The highest BCUT2D eigenvalue weighted by atomic mass is 19.4. The lowest BCUT2D eigenvalue weighted by Gasteiger charge is -2.12. The van der Waals surface area contributed by atoms with E-state index < -0.39 is 40.5 Å². The molecule has 8 nitrogen and oxygen atoms in total. The molecule has 0 saturated carbocycles. The maximum absolute atomic E-state index is 14.7. The van der Waals surface area contributed by atoms with Crippen LogP contribution in [0.4, 0.5) is 42.1 Å². The molecule has 0 radical (unpaired) electrons. The molecule has 15 heteroatoms. The Morgan fingerprint density at radius 3 is 2.20 bits per heavy atom. The first-order chi connectivity index (χ1) is 18.6. The van der Waals surface area contributed by atoms with Gasteiger partial charge in [-0.15, -0.1) is 0 Å². The van der Waals surface area contributed by atoms with Crippen molar-refractivity contribution in [3.63, 3.8) is 0 Å². The number of unbranched alkanes of at least 4 members (excludes halogenated alkanes) is 2. The second-order valence-corrected chi connectivity index (χ2v) is 8.63. The molecule has 0 atom stereocenters. The molecule has 4 aromatic rings. The van der Waals surface area contributed by atoms with Crippen molar-refractivity contribution in [2.75, 3.05) is 11.5 Å². The van der Waals surface area contributed by atoms with Crippen LogP contribution < -0.4 is 22.6 Å². The Labute approximate surface area is 221 Å². The molecular weight excluding hydrogens is 549 g/mol. The second-order valence-electron chi connectivity index (χ2n) is 8.63. The Hall–Kier alpha value is -4.43. The van der Waals surface area contributed by atoms with E-state index in [1.807, 2.05) is 0 Å². The number of nitrogens with zero attached hydrogens (tertiary/aromatic N) is 3. The summed E-state index contributed by atoms with van der Waals surface area (Å²) < 4.78 is 90.5. The third-order valence-electron chi connectivity index (χ3n) is 5.74. The molecule has 0 saturated heterocycles. The van der Waals surface area contributed by atoms with Crippen LogP contribution in [-0.2, 0) is 18.9 Å². The van der Waals surface area contributed by atoms with E-state index in [9.17, 15) is 40.3 Å². The van der Waals surface area contributed by atoms with Gasteiger partial charge in [-0.05, 0) is 36.1 Å². The molecule has 214 valence electrons. The fraction of sp³-hybridized carbons (Fsp3) is 0.280. The van der Waals surface area contributed by atoms with Crippen LogP contribution >= 0.6 is 0 Å². The molecule has 40 heavy (non-hydrogen) atoms. The third kappa shape index (κ3) is 6.76. The number of nitrogens with one attached hydrogen (secondary N) is 1. The summed E-state index contributed by atoms with van der Waals surface area (Å²) >= 11 is 0. The van der Waals surface area contributed by atoms with Crippen LogP contribution in [0.3, 0.4) is 0 Å². The number of aromatic amines is 1. The number of nitrogens with two attached hydrogens (primary N) is 2. The fourth-order valence-corrected chi connectivity index (χ4v) is 3.76. The highest BCUT2D eigenvalue weighted by molar-refractivity contribution is 5.88. The Bertz CT molecular complexity index is 1630. The molecule has 5 N–H and O–H groups in total. The number of aromatic nitrogens is 4. The smallest absolute Gasteiger partial charge is 0.397 e. The molecule has 0 aliphatic carbocycles. The molecule has 3 heterocycles. The molecule has 0 spiro atoms. The van der Waals surface area contributed by atoms with Crippen LogP contribution in [0.15, 0.2) is 52.4 Å². The highest BCUT2D eigenvalue weighted by Crippen LogP contribution is 2.34. The lowest BCUT2D eigenvalue weighted by atomic mass is 10.0. The van der Waals surface area contributed by atoms with Crippen LogP contribution in [0, 0.1) is 5.82 Å². The first kappa shape index (κ1) is 30.1.